The summed E-state index contributed by atoms with van der Waals surface area (Å²) in [6.07, 6.45) is 0.174. The zero-order valence-electron chi connectivity index (χ0n) is 15.8. The second-order valence-corrected chi connectivity index (χ2v) is 8.45. The molecule has 0 saturated carbocycles. The first-order valence-corrected chi connectivity index (χ1v) is 10.3. The minimum atomic E-state index is -3.68. The fraction of sp³-hybridized carbons (Fsp3) is 0.611. The van der Waals surface area contributed by atoms with Crippen molar-refractivity contribution in [3.63, 3.8) is 0 Å². The molecule has 1 aliphatic heterocycles. The van der Waals surface area contributed by atoms with Crippen LogP contribution in [0.25, 0.3) is 0 Å². The highest BCUT2D eigenvalue weighted by Gasteiger charge is 2.27. The lowest BCUT2D eigenvalue weighted by atomic mass is 10.2. The molecule has 1 aromatic carbocycles. The van der Waals surface area contributed by atoms with Crippen LogP contribution in [0.5, 0.6) is 0 Å². The molecule has 1 N–H and O–H groups in total. The number of amides is 1. The molecule has 1 amide bonds. The van der Waals surface area contributed by atoms with Gasteiger partial charge in [-0.05, 0) is 31.0 Å². The number of carbonyl (C=O) groups excluding carboxylic acids is 1. The van der Waals surface area contributed by atoms with E-state index in [4.69, 9.17) is 4.74 Å². The Morgan fingerprint density at radius 1 is 1.23 bits per heavy atom. The lowest BCUT2D eigenvalue weighted by Gasteiger charge is -2.29. The molecule has 1 aromatic rings. The molecular formula is C18H29N3O4S. The number of sulfonamides is 1. The molecule has 146 valence electrons. The van der Waals surface area contributed by atoms with Gasteiger partial charge in [-0.15, -0.1) is 0 Å². The van der Waals surface area contributed by atoms with Crippen LogP contribution in [0.1, 0.15) is 17.5 Å². The van der Waals surface area contributed by atoms with Crippen molar-refractivity contribution < 1.29 is 17.9 Å². The van der Waals surface area contributed by atoms with E-state index in [0.717, 1.165) is 18.7 Å². The first-order chi connectivity index (χ1) is 12.4. The van der Waals surface area contributed by atoms with E-state index in [2.05, 4.69) is 5.32 Å². The van der Waals surface area contributed by atoms with E-state index in [1.165, 1.54) is 11.4 Å². The van der Waals surface area contributed by atoms with Crippen LogP contribution in [0.15, 0.2) is 23.1 Å². The van der Waals surface area contributed by atoms with Gasteiger partial charge >= 0.3 is 0 Å². The number of rotatable bonds is 8. The summed E-state index contributed by atoms with van der Waals surface area (Å²) in [7, 11) is -2.15. The van der Waals surface area contributed by atoms with E-state index >= 15 is 0 Å². The zero-order valence-corrected chi connectivity index (χ0v) is 16.6. The van der Waals surface area contributed by atoms with Crippen LogP contribution in [-0.4, -0.2) is 76.5 Å². The number of benzene rings is 1. The standard InChI is InChI=1S/C18H29N3O4S/c1-15-4-5-16(2)17(14-15)26(23,24)21(12-13-25-3)9-6-18(22)20-10-7-19-8-11-20/h4-5,14,19H,6-13H2,1-3H3. The summed E-state index contributed by atoms with van der Waals surface area (Å²) in [4.78, 5) is 14.5. The van der Waals surface area contributed by atoms with Crippen LogP contribution < -0.4 is 5.32 Å². The molecule has 1 heterocycles. The van der Waals surface area contributed by atoms with E-state index in [9.17, 15) is 13.2 Å². The Kier molecular flexibility index (Phi) is 7.57. The van der Waals surface area contributed by atoms with Gasteiger partial charge in [-0.25, -0.2) is 8.42 Å². The average molecular weight is 384 g/mol. The quantitative estimate of drug-likeness (QED) is 0.717. The Morgan fingerprint density at radius 2 is 1.92 bits per heavy atom. The third-order valence-corrected chi connectivity index (χ3v) is 6.59. The molecule has 7 nitrogen and oxygen atoms in total. The predicted octanol–water partition coefficient (Wildman–Crippen LogP) is 0.762. The summed E-state index contributed by atoms with van der Waals surface area (Å²) in [5.74, 6) is -0.00918. The van der Waals surface area contributed by atoms with Crippen molar-refractivity contribution in [1.29, 1.82) is 0 Å². The smallest absolute Gasteiger partial charge is 0.243 e. The lowest BCUT2D eigenvalue weighted by molar-refractivity contribution is -0.131. The van der Waals surface area contributed by atoms with Crippen LogP contribution in [0.2, 0.25) is 0 Å². The zero-order chi connectivity index (χ0) is 19.2. The maximum Gasteiger partial charge on any atom is 0.243 e. The van der Waals surface area contributed by atoms with Crippen molar-refractivity contribution in [3.8, 4) is 0 Å². The highest BCUT2D eigenvalue weighted by Crippen LogP contribution is 2.21. The molecule has 0 spiro atoms. The third kappa shape index (κ3) is 5.26. The maximum atomic E-state index is 13.1. The van der Waals surface area contributed by atoms with E-state index in [-0.39, 0.29) is 32.0 Å². The molecule has 26 heavy (non-hydrogen) atoms. The number of aryl methyl sites for hydroxylation is 2. The van der Waals surface area contributed by atoms with Gasteiger partial charge in [0, 0.05) is 52.8 Å². The van der Waals surface area contributed by atoms with Crippen molar-refractivity contribution in [2.45, 2.75) is 25.2 Å². The molecule has 0 unspecified atom stereocenters. The molecule has 0 bridgehead atoms. The molecule has 0 aromatic heterocycles. The minimum Gasteiger partial charge on any atom is -0.383 e. The number of ether oxygens (including phenoxy) is 1. The second kappa shape index (κ2) is 9.45. The number of nitrogens with one attached hydrogen (secondary N) is 1. The van der Waals surface area contributed by atoms with E-state index in [1.807, 2.05) is 19.1 Å². The topological polar surface area (TPSA) is 79.0 Å². The third-order valence-electron chi connectivity index (χ3n) is 4.55. The van der Waals surface area contributed by atoms with Gasteiger partial charge in [0.25, 0.3) is 0 Å². The summed E-state index contributed by atoms with van der Waals surface area (Å²) in [5.41, 5.74) is 1.59. The molecule has 1 saturated heterocycles. The highest BCUT2D eigenvalue weighted by molar-refractivity contribution is 7.89. The van der Waals surface area contributed by atoms with E-state index in [0.29, 0.717) is 23.5 Å². The van der Waals surface area contributed by atoms with Gasteiger partial charge in [0.2, 0.25) is 15.9 Å². The Morgan fingerprint density at radius 3 is 2.58 bits per heavy atom. The number of nitrogens with zero attached hydrogens (tertiary/aromatic N) is 2. The second-order valence-electron chi connectivity index (χ2n) is 6.55. The molecule has 8 heteroatoms. The first kappa shape index (κ1) is 20.8. The Bertz CT molecular complexity index is 715. The summed E-state index contributed by atoms with van der Waals surface area (Å²) in [6.45, 7) is 7.20. The number of methoxy groups -OCH3 is 1. The molecule has 0 atom stereocenters. The van der Waals surface area contributed by atoms with Crippen molar-refractivity contribution in [1.82, 2.24) is 14.5 Å². The molecular weight excluding hydrogens is 354 g/mol. The minimum absolute atomic E-state index is 0.00918. The Balaban J connectivity index is 2.14. The number of hydrogen-bond acceptors (Lipinski definition) is 5. The van der Waals surface area contributed by atoms with Gasteiger partial charge in [-0.1, -0.05) is 12.1 Å². The van der Waals surface area contributed by atoms with Crippen molar-refractivity contribution in [2.75, 3.05) is 53.0 Å². The maximum absolute atomic E-state index is 13.1. The van der Waals surface area contributed by atoms with Gasteiger partial charge < -0.3 is 15.0 Å². The van der Waals surface area contributed by atoms with Gasteiger partial charge in [-0.3, -0.25) is 4.79 Å². The average Bonchev–Trinajstić information content (AvgIpc) is 2.64. The lowest BCUT2D eigenvalue weighted by Crippen LogP contribution is -2.47. The summed E-state index contributed by atoms with van der Waals surface area (Å²) in [6, 6.07) is 5.38. The van der Waals surface area contributed by atoms with Crippen molar-refractivity contribution in [2.24, 2.45) is 0 Å². The van der Waals surface area contributed by atoms with Gasteiger partial charge in [-0.2, -0.15) is 4.31 Å². The van der Waals surface area contributed by atoms with Gasteiger partial charge in [0.15, 0.2) is 0 Å². The fourth-order valence-corrected chi connectivity index (χ4v) is 4.70. The van der Waals surface area contributed by atoms with Crippen LogP contribution in [0.3, 0.4) is 0 Å². The fourth-order valence-electron chi connectivity index (χ4n) is 2.96. The van der Waals surface area contributed by atoms with Gasteiger partial charge in [0.1, 0.15) is 0 Å². The Hall–Kier alpha value is -1.48. The van der Waals surface area contributed by atoms with E-state index in [1.54, 1.807) is 17.9 Å². The van der Waals surface area contributed by atoms with Crippen LogP contribution in [-0.2, 0) is 19.6 Å². The van der Waals surface area contributed by atoms with Crippen molar-refractivity contribution >= 4 is 15.9 Å². The molecule has 2 rings (SSSR count). The molecule has 1 fully saturated rings. The molecule has 0 radical (unpaired) electrons. The van der Waals surface area contributed by atoms with Crippen LogP contribution in [0, 0.1) is 13.8 Å². The number of piperazine rings is 1. The van der Waals surface area contributed by atoms with Crippen LogP contribution >= 0.6 is 0 Å². The van der Waals surface area contributed by atoms with Crippen LogP contribution in [0.4, 0.5) is 0 Å². The largest absolute Gasteiger partial charge is 0.383 e. The highest BCUT2D eigenvalue weighted by atomic mass is 32.2. The summed E-state index contributed by atoms with van der Waals surface area (Å²) < 4.78 is 32.7. The SMILES string of the molecule is COCCN(CCC(=O)N1CCNCC1)S(=O)(=O)c1cc(C)ccc1C. The van der Waals surface area contributed by atoms with Crippen molar-refractivity contribution in [3.05, 3.63) is 29.3 Å². The molecule has 1 aliphatic rings. The predicted molar refractivity (Wildman–Crippen MR) is 101 cm³/mol. The normalized spacial score (nSPS) is 15.5. The number of carbonyl (C=O) groups is 1. The number of hydrogen-bond donors (Lipinski definition) is 1. The molecule has 0 aliphatic carbocycles. The first-order valence-electron chi connectivity index (χ1n) is 8.91. The summed E-state index contributed by atoms with van der Waals surface area (Å²) in [5, 5.41) is 3.20. The monoisotopic (exact) mass is 383 g/mol. The summed E-state index contributed by atoms with van der Waals surface area (Å²) >= 11 is 0. The van der Waals surface area contributed by atoms with E-state index < -0.39 is 10.0 Å². The van der Waals surface area contributed by atoms with Gasteiger partial charge in [0.05, 0.1) is 11.5 Å². The Labute approximate surface area is 156 Å².